The predicted molar refractivity (Wildman–Crippen MR) is 94.5 cm³/mol. The van der Waals surface area contributed by atoms with Gasteiger partial charge in [0.1, 0.15) is 5.75 Å². The molecule has 0 saturated carbocycles. The number of thioether (sulfide) groups is 1. The monoisotopic (exact) mass is 355 g/mol. The molecule has 2 amide bonds. The Morgan fingerprint density at radius 2 is 1.88 bits per heavy atom. The van der Waals surface area contributed by atoms with Crippen LogP contribution in [0.15, 0.2) is 59.5 Å². The van der Waals surface area contributed by atoms with Gasteiger partial charge in [-0.1, -0.05) is 30.3 Å². The van der Waals surface area contributed by atoms with Crippen molar-refractivity contribution in [1.29, 1.82) is 0 Å². The van der Waals surface area contributed by atoms with Crippen LogP contribution >= 0.6 is 11.8 Å². The molecule has 1 fully saturated rings. The smallest absolute Gasteiger partial charge is 0.341 e. The quantitative estimate of drug-likeness (QED) is 0.828. The number of carboxylic acids is 1. The average Bonchev–Trinajstić information content (AvgIpc) is 2.88. The SMILES string of the molecule is O=C(O)COc1cccc(C=C2SC(=O)N(c3ccccc3)C2=O)c1. The molecule has 0 aromatic heterocycles. The van der Waals surface area contributed by atoms with E-state index >= 15 is 0 Å². The molecule has 0 spiro atoms. The first-order valence-electron chi connectivity index (χ1n) is 7.32. The van der Waals surface area contributed by atoms with Gasteiger partial charge in [-0.05, 0) is 47.7 Å². The van der Waals surface area contributed by atoms with E-state index in [1.807, 2.05) is 0 Å². The number of hydrogen-bond acceptors (Lipinski definition) is 5. The summed E-state index contributed by atoms with van der Waals surface area (Å²) in [6.07, 6.45) is 1.58. The van der Waals surface area contributed by atoms with Crippen molar-refractivity contribution in [3.05, 3.63) is 65.1 Å². The molecule has 126 valence electrons. The summed E-state index contributed by atoms with van der Waals surface area (Å²) >= 11 is 0.859. The number of para-hydroxylation sites is 1. The van der Waals surface area contributed by atoms with Crippen LogP contribution in [0.2, 0.25) is 0 Å². The molecule has 3 rings (SSSR count). The lowest BCUT2D eigenvalue weighted by molar-refractivity contribution is -0.139. The second kappa shape index (κ2) is 7.23. The molecule has 1 aliphatic rings. The van der Waals surface area contributed by atoms with Crippen LogP contribution in [-0.4, -0.2) is 28.8 Å². The van der Waals surface area contributed by atoms with Gasteiger partial charge in [0, 0.05) is 0 Å². The van der Waals surface area contributed by atoms with E-state index in [1.54, 1.807) is 60.7 Å². The number of imide groups is 1. The largest absolute Gasteiger partial charge is 0.482 e. The normalized spacial score (nSPS) is 15.7. The van der Waals surface area contributed by atoms with Gasteiger partial charge in [0.25, 0.3) is 11.1 Å². The Bertz CT molecular complexity index is 863. The molecule has 0 atom stereocenters. The van der Waals surface area contributed by atoms with Gasteiger partial charge in [-0.3, -0.25) is 9.59 Å². The van der Waals surface area contributed by atoms with Crippen LogP contribution in [0.3, 0.4) is 0 Å². The maximum atomic E-state index is 12.5. The molecule has 1 aliphatic heterocycles. The van der Waals surface area contributed by atoms with E-state index in [9.17, 15) is 14.4 Å². The molecule has 0 radical (unpaired) electrons. The summed E-state index contributed by atoms with van der Waals surface area (Å²) in [5.74, 6) is -1.09. The van der Waals surface area contributed by atoms with Crippen molar-refractivity contribution in [2.45, 2.75) is 0 Å². The minimum absolute atomic E-state index is 0.296. The van der Waals surface area contributed by atoms with E-state index in [1.165, 1.54) is 0 Å². The molecular weight excluding hydrogens is 342 g/mol. The molecule has 2 aromatic rings. The summed E-state index contributed by atoms with van der Waals surface area (Å²) < 4.78 is 5.11. The number of rotatable bonds is 5. The first-order chi connectivity index (χ1) is 12.0. The van der Waals surface area contributed by atoms with Crippen LogP contribution < -0.4 is 9.64 Å². The Labute approximate surface area is 147 Å². The summed E-state index contributed by atoms with van der Waals surface area (Å²) in [4.78, 5) is 36.7. The van der Waals surface area contributed by atoms with Crippen molar-refractivity contribution >= 4 is 40.6 Å². The number of benzene rings is 2. The summed E-state index contributed by atoms with van der Waals surface area (Å²) in [5, 5.41) is 8.29. The van der Waals surface area contributed by atoms with Gasteiger partial charge in [-0.25, -0.2) is 9.69 Å². The molecule has 1 saturated heterocycles. The van der Waals surface area contributed by atoms with Gasteiger partial charge < -0.3 is 9.84 Å². The number of hydrogen-bond donors (Lipinski definition) is 1. The molecule has 0 unspecified atom stereocenters. The number of carboxylic acid groups (broad SMARTS) is 1. The fraction of sp³-hybridized carbons (Fsp3) is 0.0556. The molecule has 6 nitrogen and oxygen atoms in total. The average molecular weight is 355 g/mol. The highest BCUT2D eigenvalue weighted by Gasteiger charge is 2.36. The third-order valence-corrected chi connectivity index (χ3v) is 4.20. The van der Waals surface area contributed by atoms with E-state index < -0.39 is 18.5 Å². The summed E-state index contributed by atoms with van der Waals surface area (Å²) in [6, 6.07) is 15.4. The van der Waals surface area contributed by atoms with Crippen molar-refractivity contribution in [2.75, 3.05) is 11.5 Å². The Kier molecular flexibility index (Phi) is 4.85. The number of anilines is 1. The predicted octanol–water partition coefficient (Wildman–Crippen LogP) is 3.39. The molecule has 1 heterocycles. The van der Waals surface area contributed by atoms with E-state index in [0.717, 1.165) is 16.7 Å². The number of carbonyl (C=O) groups is 3. The van der Waals surface area contributed by atoms with Crippen LogP contribution in [0.4, 0.5) is 10.5 Å². The molecule has 7 heteroatoms. The van der Waals surface area contributed by atoms with Crippen LogP contribution in [0.5, 0.6) is 5.75 Å². The Hall–Kier alpha value is -3.06. The number of carbonyl (C=O) groups excluding carboxylic acids is 2. The maximum absolute atomic E-state index is 12.5. The number of amides is 2. The van der Waals surface area contributed by atoms with E-state index in [0.29, 0.717) is 21.9 Å². The first kappa shape index (κ1) is 16.8. The Morgan fingerprint density at radius 3 is 2.60 bits per heavy atom. The molecule has 0 aliphatic carbocycles. The van der Waals surface area contributed by atoms with Crippen LogP contribution in [0.25, 0.3) is 6.08 Å². The molecule has 25 heavy (non-hydrogen) atoms. The van der Waals surface area contributed by atoms with Crippen molar-refractivity contribution in [3.8, 4) is 5.75 Å². The highest BCUT2D eigenvalue weighted by atomic mass is 32.2. The van der Waals surface area contributed by atoms with Gasteiger partial charge in [0.15, 0.2) is 6.61 Å². The summed E-state index contributed by atoms with van der Waals surface area (Å²) in [7, 11) is 0. The molecule has 2 aromatic carbocycles. The van der Waals surface area contributed by atoms with Crippen molar-refractivity contribution in [1.82, 2.24) is 0 Å². The van der Waals surface area contributed by atoms with E-state index in [2.05, 4.69) is 0 Å². The number of aliphatic carboxylic acids is 1. The van der Waals surface area contributed by atoms with Crippen LogP contribution in [-0.2, 0) is 9.59 Å². The zero-order valence-corrected chi connectivity index (χ0v) is 13.7. The minimum Gasteiger partial charge on any atom is -0.482 e. The third kappa shape index (κ3) is 3.89. The summed E-state index contributed by atoms with van der Waals surface area (Å²) in [6.45, 7) is -0.450. The van der Waals surface area contributed by atoms with E-state index in [-0.39, 0.29) is 5.24 Å². The van der Waals surface area contributed by atoms with Gasteiger partial charge in [0.2, 0.25) is 0 Å². The zero-order valence-electron chi connectivity index (χ0n) is 12.9. The van der Waals surface area contributed by atoms with E-state index in [4.69, 9.17) is 9.84 Å². The maximum Gasteiger partial charge on any atom is 0.341 e. The second-order valence-corrected chi connectivity index (χ2v) is 6.10. The topological polar surface area (TPSA) is 83.9 Å². The minimum atomic E-state index is -1.07. The lowest BCUT2D eigenvalue weighted by Gasteiger charge is -2.11. The lowest BCUT2D eigenvalue weighted by Crippen LogP contribution is -2.27. The van der Waals surface area contributed by atoms with Gasteiger partial charge >= 0.3 is 5.97 Å². The lowest BCUT2D eigenvalue weighted by atomic mass is 10.2. The second-order valence-electron chi connectivity index (χ2n) is 5.11. The van der Waals surface area contributed by atoms with Gasteiger partial charge in [0.05, 0.1) is 10.6 Å². The van der Waals surface area contributed by atoms with Gasteiger partial charge in [-0.2, -0.15) is 0 Å². The standard InChI is InChI=1S/C18H13NO5S/c20-16(21)11-24-14-8-4-5-12(9-14)10-15-17(22)19(18(23)25-15)13-6-2-1-3-7-13/h1-10H,11H2,(H,20,21). The highest BCUT2D eigenvalue weighted by molar-refractivity contribution is 8.19. The fourth-order valence-corrected chi connectivity index (χ4v) is 3.10. The van der Waals surface area contributed by atoms with Crippen molar-refractivity contribution in [3.63, 3.8) is 0 Å². The highest BCUT2D eigenvalue weighted by Crippen LogP contribution is 2.35. The van der Waals surface area contributed by atoms with Crippen LogP contribution in [0, 0.1) is 0 Å². The van der Waals surface area contributed by atoms with Gasteiger partial charge in [-0.15, -0.1) is 0 Å². The summed E-state index contributed by atoms with van der Waals surface area (Å²) in [5.41, 5.74) is 1.16. The van der Waals surface area contributed by atoms with Crippen molar-refractivity contribution < 1.29 is 24.2 Å². The van der Waals surface area contributed by atoms with Crippen LogP contribution in [0.1, 0.15) is 5.56 Å². The molecule has 1 N–H and O–H groups in total. The molecule has 0 bridgehead atoms. The number of nitrogens with zero attached hydrogens (tertiary/aromatic N) is 1. The Morgan fingerprint density at radius 1 is 1.12 bits per heavy atom. The fourth-order valence-electron chi connectivity index (χ4n) is 2.26. The molecular formula is C18H13NO5S. The first-order valence-corrected chi connectivity index (χ1v) is 8.14. The van der Waals surface area contributed by atoms with Crippen molar-refractivity contribution in [2.24, 2.45) is 0 Å². The third-order valence-electron chi connectivity index (χ3n) is 3.33. The number of ether oxygens (including phenoxy) is 1. The zero-order chi connectivity index (χ0) is 17.8. The Balaban J connectivity index is 1.83.